The summed E-state index contributed by atoms with van der Waals surface area (Å²) in [5, 5.41) is 24.2. The number of carbonyl (C=O) groups excluding carboxylic acids is 3. The van der Waals surface area contributed by atoms with Gasteiger partial charge in [-0.3, -0.25) is 9.69 Å². The van der Waals surface area contributed by atoms with Crippen LogP contribution in [0.5, 0.6) is 0 Å². The molecule has 4 rings (SSSR count). The number of likely N-dealkylation sites (tertiary alicyclic amines) is 1. The second-order valence-corrected chi connectivity index (χ2v) is 8.21. The van der Waals surface area contributed by atoms with Gasteiger partial charge in [0, 0.05) is 37.9 Å². The molecule has 2 atom stereocenters. The Morgan fingerprint density at radius 3 is 2.55 bits per heavy atom. The van der Waals surface area contributed by atoms with Crippen LogP contribution >= 0.6 is 0 Å². The third kappa shape index (κ3) is 4.36. The summed E-state index contributed by atoms with van der Waals surface area (Å²) < 4.78 is 11.0. The van der Waals surface area contributed by atoms with Crippen LogP contribution in [0.25, 0.3) is 0 Å². The van der Waals surface area contributed by atoms with E-state index < -0.39 is 23.3 Å². The first-order valence-corrected chi connectivity index (χ1v) is 10.6. The largest absolute Gasteiger partial charge is 0.417 e. The lowest BCUT2D eigenvalue weighted by Gasteiger charge is -2.55. The number of nitriles is 2. The molecule has 3 heterocycles. The minimum Gasteiger partial charge on any atom is -0.417 e. The fourth-order valence-electron chi connectivity index (χ4n) is 4.36. The molecule has 2 fully saturated rings. The van der Waals surface area contributed by atoms with E-state index in [1.165, 1.54) is 6.20 Å². The Bertz CT molecular complexity index is 1050. The van der Waals surface area contributed by atoms with Gasteiger partial charge in [-0.25, -0.2) is 14.6 Å². The van der Waals surface area contributed by atoms with Gasteiger partial charge in [-0.15, -0.1) is 0 Å². The smallest absolute Gasteiger partial charge is 0.334 e. The molecule has 2 aliphatic heterocycles. The molecule has 3 aliphatic rings. The van der Waals surface area contributed by atoms with E-state index in [0.29, 0.717) is 30.8 Å². The van der Waals surface area contributed by atoms with Crippen molar-refractivity contribution in [3.63, 3.8) is 0 Å². The van der Waals surface area contributed by atoms with E-state index in [2.05, 4.69) is 21.7 Å². The van der Waals surface area contributed by atoms with E-state index in [-0.39, 0.29) is 31.5 Å². The molecule has 1 spiro atoms. The lowest BCUT2D eigenvalue weighted by atomic mass is 9.69. The number of pyridine rings is 1. The van der Waals surface area contributed by atoms with Crippen molar-refractivity contribution in [1.82, 2.24) is 15.2 Å². The molecule has 11 nitrogen and oxygen atoms in total. The van der Waals surface area contributed by atoms with Crippen molar-refractivity contribution >= 4 is 23.7 Å². The molecular formula is C22H22N6O5. The predicted octanol–water partition coefficient (Wildman–Crippen LogP) is 0.354. The Morgan fingerprint density at radius 2 is 1.97 bits per heavy atom. The van der Waals surface area contributed by atoms with Crippen molar-refractivity contribution in [3.05, 3.63) is 36.0 Å². The second kappa shape index (κ2) is 8.88. The van der Waals surface area contributed by atoms with Crippen molar-refractivity contribution in [3.8, 4) is 12.1 Å². The summed E-state index contributed by atoms with van der Waals surface area (Å²) in [6.45, 7) is 0.663. The van der Waals surface area contributed by atoms with Crippen molar-refractivity contribution in [1.29, 1.82) is 10.5 Å². The molecule has 1 aliphatic carbocycles. The van der Waals surface area contributed by atoms with Crippen molar-refractivity contribution < 1.29 is 23.9 Å². The van der Waals surface area contributed by atoms with E-state index in [4.69, 9.17) is 14.7 Å². The summed E-state index contributed by atoms with van der Waals surface area (Å²) in [5.41, 5.74) is -0.863. The molecule has 1 saturated heterocycles. The van der Waals surface area contributed by atoms with Gasteiger partial charge in [0.15, 0.2) is 0 Å². The molecule has 1 aromatic rings. The molecule has 11 heteroatoms. The highest BCUT2D eigenvalue weighted by atomic mass is 16.7. The number of amides is 1. The highest BCUT2D eigenvalue weighted by Gasteiger charge is 2.66. The van der Waals surface area contributed by atoms with E-state index in [1.807, 2.05) is 6.07 Å². The van der Waals surface area contributed by atoms with Gasteiger partial charge in [0.25, 0.3) is 5.79 Å². The van der Waals surface area contributed by atoms with Crippen molar-refractivity contribution in [2.75, 3.05) is 25.0 Å². The number of carbonyl (C=O) groups is 3. The van der Waals surface area contributed by atoms with Gasteiger partial charge in [0.05, 0.1) is 24.2 Å². The van der Waals surface area contributed by atoms with Gasteiger partial charge in [-0.1, -0.05) is 0 Å². The van der Waals surface area contributed by atoms with Gasteiger partial charge in [0.1, 0.15) is 17.4 Å². The summed E-state index contributed by atoms with van der Waals surface area (Å²) in [7, 11) is 0. The zero-order chi connectivity index (χ0) is 23.5. The molecule has 1 amide bonds. The average Bonchev–Trinajstić information content (AvgIpc) is 3.19. The first kappa shape index (κ1) is 22.2. The molecule has 0 aromatic carbocycles. The summed E-state index contributed by atoms with van der Waals surface area (Å²) in [4.78, 5) is 43.3. The number of ether oxygens (including phenoxy) is 2. The fraction of sp³-hybridized carbons (Fsp3) is 0.455. The average molecular weight is 450 g/mol. The molecule has 33 heavy (non-hydrogen) atoms. The number of anilines is 1. The molecule has 0 radical (unpaired) electrons. The Balaban J connectivity index is 1.55. The third-order valence-electron chi connectivity index (χ3n) is 6.20. The zero-order valence-electron chi connectivity index (χ0n) is 17.7. The molecule has 1 saturated carbocycles. The molecule has 2 N–H and O–H groups in total. The molecule has 1 aromatic heterocycles. The van der Waals surface area contributed by atoms with Gasteiger partial charge in [0.2, 0.25) is 5.91 Å². The van der Waals surface area contributed by atoms with Crippen LogP contribution in [0.15, 0.2) is 30.5 Å². The van der Waals surface area contributed by atoms with Crippen LogP contribution in [-0.2, 0) is 23.9 Å². The first-order valence-electron chi connectivity index (χ1n) is 10.6. The number of hydrogen-bond donors (Lipinski definition) is 2. The molecule has 0 bridgehead atoms. The summed E-state index contributed by atoms with van der Waals surface area (Å²) in [5.74, 6) is -3.13. The van der Waals surface area contributed by atoms with Gasteiger partial charge in [-0.2, -0.15) is 10.5 Å². The monoisotopic (exact) mass is 450 g/mol. The third-order valence-corrected chi connectivity index (χ3v) is 6.20. The standard InChI is InChI=1S/C22H22N6O5/c23-10-15-3-4-17(25-12-15)26-14-21(27-18(29)13-28-9-1-2-16(28)11-24)7-8-22(21)32-19(30)5-6-20(31)33-22/h3-6,12,16H,1-2,7-9,13-14H2,(H,25,26)(H,27,29)/t16-,21?/m0/s1. The molecule has 1 unspecified atom stereocenters. The number of aromatic nitrogens is 1. The topological polar surface area (TPSA) is 157 Å². The second-order valence-electron chi connectivity index (χ2n) is 8.21. The zero-order valence-corrected chi connectivity index (χ0v) is 17.7. The van der Waals surface area contributed by atoms with E-state index >= 15 is 0 Å². The van der Waals surface area contributed by atoms with Crippen LogP contribution < -0.4 is 10.6 Å². The lowest BCUT2D eigenvalue weighted by Crippen LogP contribution is -2.77. The fourth-order valence-corrected chi connectivity index (χ4v) is 4.36. The predicted molar refractivity (Wildman–Crippen MR) is 112 cm³/mol. The maximum atomic E-state index is 13.0. The number of esters is 2. The number of nitrogens with zero attached hydrogens (tertiary/aromatic N) is 4. The SMILES string of the molecule is N#Cc1ccc(NCC2(NC(=O)CN3CCC[C@H]3C#N)CCC23OC(=O)C=CC(=O)O3)nc1. The maximum Gasteiger partial charge on any atom is 0.334 e. The van der Waals surface area contributed by atoms with Crippen LogP contribution in [0.2, 0.25) is 0 Å². The molecule has 170 valence electrons. The minimum atomic E-state index is -1.68. The number of hydrogen-bond acceptors (Lipinski definition) is 10. The minimum absolute atomic E-state index is 0.00862. The van der Waals surface area contributed by atoms with E-state index in [0.717, 1.165) is 18.6 Å². The van der Waals surface area contributed by atoms with Crippen LogP contribution in [0, 0.1) is 22.7 Å². The van der Waals surface area contributed by atoms with Gasteiger partial charge >= 0.3 is 11.9 Å². The van der Waals surface area contributed by atoms with Crippen LogP contribution in [-0.4, -0.2) is 64.7 Å². The Labute approximate surface area is 190 Å². The summed E-state index contributed by atoms with van der Waals surface area (Å²) >= 11 is 0. The van der Waals surface area contributed by atoms with Crippen LogP contribution in [0.4, 0.5) is 5.82 Å². The Kier molecular flexibility index (Phi) is 5.99. The Hall–Kier alpha value is -3.96. The Morgan fingerprint density at radius 1 is 1.21 bits per heavy atom. The summed E-state index contributed by atoms with van der Waals surface area (Å²) in [6.07, 6.45) is 5.47. The van der Waals surface area contributed by atoms with Crippen molar-refractivity contribution in [2.45, 2.75) is 43.1 Å². The van der Waals surface area contributed by atoms with Gasteiger partial charge in [-0.05, 0) is 31.4 Å². The highest BCUT2D eigenvalue weighted by molar-refractivity contribution is 5.93. The summed E-state index contributed by atoms with van der Waals surface area (Å²) in [6, 6.07) is 7.04. The number of nitrogens with one attached hydrogen (secondary N) is 2. The first-order chi connectivity index (χ1) is 15.9. The quantitative estimate of drug-likeness (QED) is 0.580. The van der Waals surface area contributed by atoms with Crippen LogP contribution in [0.3, 0.4) is 0 Å². The molecular weight excluding hydrogens is 428 g/mol. The van der Waals surface area contributed by atoms with Crippen molar-refractivity contribution in [2.24, 2.45) is 0 Å². The van der Waals surface area contributed by atoms with Gasteiger partial charge < -0.3 is 20.1 Å². The van der Waals surface area contributed by atoms with Crippen LogP contribution in [0.1, 0.15) is 31.2 Å². The van der Waals surface area contributed by atoms with E-state index in [9.17, 15) is 19.6 Å². The number of rotatable bonds is 6. The van der Waals surface area contributed by atoms with E-state index in [1.54, 1.807) is 17.0 Å². The highest BCUT2D eigenvalue weighted by Crippen LogP contribution is 2.47. The lowest BCUT2D eigenvalue weighted by molar-refractivity contribution is -0.286. The maximum absolute atomic E-state index is 13.0. The normalized spacial score (nSPS) is 25.7.